The van der Waals surface area contributed by atoms with Crippen molar-refractivity contribution in [1.82, 2.24) is 4.57 Å². The minimum absolute atomic E-state index is 0.144. The molecule has 1 amide bonds. The first-order valence-corrected chi connectivity index (χ1v) is 12.2. The zero-order valence-electron chi connectivity index (χ0n) is 19.7. The van der Waals surface area contributed by atoms with Gasteiger partial charge >= 0.3 is 5.97 Å². The molecule has 0 aliphatic carbocycles. The van der Waals surface area contributed by atoms with Gasteiger partial charge in [0.15, 0.2) is 4.80 Å². The Kier molecular flexibility index (Phi) is 6.01. The van der Waals surface area contributed by atoms with Crippen molar-refractivity contribution < 1.29 is 18.7 Å². The summed E-state index contributed by atoms with van der Waals surface area (Å²) in [6.07, 6.45) is 1.63. The van der Waals surface area contributed by atoms with E-state index in [1.54, 1.807) is 30.9 Å². The summed E-state index contributed by atoms with van der Waals surface area (Å²) in [5.74, 6) is -1.35. The van der Waals surface area contributed by atoms with E-state index in [4.69, 9.17) is 4.74 Å². The number of nitrogens with zero attached hydrogens (tertiary/aromatic N) is 3. The Morgan fingerprint density at radius 2 is 1.92 bits per heavy atom. The van der Waals surface area contributed by atoms with E-state index in [0.29, 0.717) is 33.9 Å². The predicted molar refractivity (Wildman–Crippen MR) is 135 cm³/mol. The molecule has 0 saturated heterocycles. The summed E-state index contributed by atoms with van der Waals surface area (Å²) in [6, 6.07) is 12.0. The van der Waals surface area contributed by atoms with Crippen LogP contribution in [0.15, 0.2) is 82.2 Å². The van der Waals surface area contributed by atoms with Crippen molar-refractivity contribution in [2.75, 3.05) is 18.1 Å². The van der Waals surface area contributed by atoms with E-state index < -0.39 is 23.4 Å². The Hall–Kier alpha value is -4.11. The van der Waals surface area contributed by atoms with E-state index in [9.17, 15) is 18.8 Å². The second-order valence-electron chi connectivity index (χ2n) is 8.27. The van der Waals surface area contributed by atoms with Crippen LogP contribution >= 0.6 is 11.3 Å². The van der Waals surface area contributed by atoms with Crippen LogP contribution in [0.3, 0.4) is 0 Å². The first-order chi connectivity index (χ1) is 17.4. The fraction of sp³-hybridized carbons (Fsp3) is 0.185. The second kappa shape index (κ2) is 9.16. The van der Waals surface area contributed by atoms with Gasteiger partial charge in [-0.3, -0.25) is 14.2 Å². The highest BCUT2D eigenvalue weighted by molar-refractivity contribution is 7.07. The molecule has 9 heteroatoms. The fourth-order valence-electron chi connectivity index (χ4n) is 4.61. The first-order valence-electron chi connectivity index (χ1n) is 11.4. The van der Waals surface area contributed by atoms with Crippen LogP contribution in [0.25, 0.3) is 5.57 Å². The molecule has 2 aromatic carbocycles. The molecule has 1 atom stereocenters. The van der Waals surface area contributed by atoms with Crippen molar-refractivity contribution in [2.24, 2.45) is 4.99 Å². The predicted octanol–water partition coefficient (Wildman–Crippen LogP) is 2.84. The Morgan fingerprint density at radius 1 is 1.19 bits per heavy atom. The monoisotopic (exact) mass is 503 g/mol. The Bertz CT molecular complexity index is 1630. The van der Waals surface area contributed by atoms with Crippen LogP contribution in [0.4, 0.5) is 10.1 Å². The number of amides is 1. The molecule has 3 heterocycles. The highest BCUT2D eigenvalue weighted by Crippen LogP contribution is 2.35. The van der Waals surface area contributed by atoms with Gasteiger partial charge in [0, 0.05) is 12.1 Å². The zero-order chi connectivity index (χ0) is 25.6. The average molecular weight is 504 g/mol. The van der Waals surface area contributed by atoms with Crippen molar-refractivity contribution >= 4 is 34.5 Å². The van der Waals surface area contributed by atoms with E-state index in [-0.39, 0.29) is 28.2 Å². The molecule has 5 rings (SSSR count). The Labute approximate surface area is 209 Å². The topological polar surface area (TPSA) is 81.0 Å². The molecular formula is C27H22FN3O4S. The SMILES string of the molecule is C=CCN1C(=O)/C(=c2\sc3n(c2=O)C(c2ccc(F)cc2)C(C(=O)OCC)=C(C)N=3)c2ccccc21. The van der Waals surface area contributed by atoms with Gasteiger partial charge in [0.2, 0.25) is 0 Å². The molecule has 2 aliphatic rings. The summed E-state index contributed by atoms with van der Waals surface area (Å²) in [6.45, 7) is 7.54. The summed E-state index contributed by atoms with van der Waals surface area (Å²) < 4.78 is 20.6. The number of para-hydroxylation sites is 1. The molecule has 0 fully saturated rings. The van der Waals surface area contributed by atoms with E-state index in [1.165, 1.54) is 28.8 Å². The lowest BCUT2D eigenvalue weighted by atomic mass is 9.96. The lowest BCUT2D eigenvalue weighted by Crippen LogP contribution is -2.41. The molecule has 2 aliphatic heterocycles. The van der Waals surface area contributed by atoms with Gasteiger partial charge in [-0.2, -0.15) is 0 Å². The Balaban J connectivity index is 1.82. The number of halogens is 1. The summed E-state index contributed by atoms with van der Waals surface area (Å²) in [7, 11) is 0. The largest absolute Gasteiger partial charge is 0.463 e. The number of esters is 1. The van der Waals surface area contributed by atoms with Crippen LogP contribution in [0.1, 0.15) is 31.0 Å². The Morgan fingerprint density at radius 3 is 2.61 bits per heavy atom. The summed E-state index contributed by atoms with van der Waals surface area (Å²) in [4.78, 5) is 46.9. The molecule has 1 aromatic heterocycles. The average Bonchev–Trinajstić information content (AvgIpc) is 3.32. The minimum atomic E-state index is -0.883. The van der Waals surface area contributed by atoms with Crippen LogP contribution in [0, 0.1) is 5.82 Å². The number of benzene rings is 2. The van der Waals surface area contributed by atoms with Crippen molar-refractivity contribution in [3.8, 4) is 0 Å². The van der Waals surface area contributed by atoms with Gasteiger partial charge in [0.1, 0.15) is 10.3 Å². The van der Waals surface area contributed by atoms with Crippen LogP contribution in [-0.4, -0.2) is 29.6 Å². The molecule has 7 nitrogen and oxygen atoms in total. The third-order valence-corrected chi connectivity index (χ3v) is 7.19. The van der Waals surface area contributed by atoms with Gasteiger partial charge < -0.3 is 9.64 Å². The number of carbonyl (C=O) groups is 2. The molecule has 0 bridgehead atoms. The van der Waals surface area contributed by atoms with Crippen molar-refractivity contribution in [3.63, 3.8) is 0 Å². The zero-order valence-corrected chi connectivity index (χ0v) is 20.5. The molecule has 0 spiro atoms. The number of allylic oxidation sites excluding steroid dienone is 1. The quantitative estimate of drug-likeness (QED) is 0.396. The highest BCUT2D eigenvalue weighted by Gasteiger charge is 2.37. The molecule has 0 radical (unpaired) electrons. The normalized spacial score (nSPS) is 18.0. The van der Waals surface area contributed by atoms with E-state index in [1.807, 2.05) is 18.2 Å². The molecule has 3 aromatic rings. The van der Waals surface area contributed by atoms with Gasteiger partial charge in [-0.15, -0.1) is 6.58 Å². The van der Waals surface area contributed by atoms with Gasteiger partial charge in [-0.25, -0.2) is 14.2 Å². The maximum Gasteiger partial charge on any atom is 0.338 e. The van der Waals surface area contributed by atoms with Crippen molar-refractivity contribution in [3.05, 3.63) is 109 Å². The number of anilines is 1. The number of thiazole rings is 1. The number of hydrogen-bond donors (Lipinski definition) is 0. The van der Waals surface area contributed by atoms with Gasteiger partial charge in [0.05, 0.1) is 35.2 Å². The lowest BCUT2D eigenvalue weighted by Gasteiger charge is -2.24. The number of hydrogen-bond acceptors (Lipinski definition) is 6. The maximum absolute atomic E-state index is 14.0. The summed E-state index contributed by atoms with van der Waals surface area (Å²) in [5, 5.41) is 0. The molecular weight excluding hydrogens is 481 g/mol. The summed E-state index contributed by atoms with van der Waals surface area (Å²) in [5.41, 5.74) is 2.29. The van der Waals surface area contributed by atoms with Crippen LogP contribution in [0.5, 0.6) is 0 Å². The number of carbonyl (C=O) groups excluding carboxylic acids is 2. The summed E-state index contributed by atoms with van der Waals surface area (Å²) >= 11 is 1.09. The first kappa shape index (κ1) is 23.6. The lowest BCUT2D eigenvalue weighted by molar-refractivity contribution is -0.139. The van der Waals surface area contributed by atoms with E-state index >= 15 is 0 Å². The molecule has 1 unspecified atom stereocenters. The number of fused-ring (bicyclic) bond motifs is 2. The maximum atomic E-state index is 14.0. The van der Waals surface area contributed by atoms with Crippen molar-refractivity contribution in [1.29, 1.82) is 0 Å². The fourth-order valence-corrected chi connectivity index (χ4v) is 5.75. The number of rotatable bonds is 5. The third kappa shape index (κ3) is 3.63. The van der Waals surface area contributed by atoms with Gasteiger partial charge in [-0.1, -0.05) is 47.7 Å². The number of ether oxygens (including phenoxy) is 1. The molecule has 0 saturated carbocycles. The van der Waals surface area contributed by atoms with Gasteiger partial charge in [-0.05, 0) is 37.6 Å². The van der Waals surface area contributed by atoms with Crippen molar-refractivity contribution in [2.45, 2.75) is 19.9 Å². The molecule has 36 heavy (non-hydrogen) atoms. The molecule has 182 valence electrons. The standard InChI is InChI=1S/C27H22FN3O4S/c1-4-14-30-19-9-7-6-8-18(19)21(24(30)32)23-25(33)31-22(16-10-12-17(28)13-11-16)20(26(34)35-5-2)15(3)29-27(31)36-23/h4,6-13,22H,1,5,14H2,2-3H3/b23-21-. The second-order valence-corrected chi connectivity index (χ2v) is 9.25. The van der Waals surface area contributed by atoms with E-state index in [2.05, 4.69) is 11.6 Å². The minimum Gasteiger partial charge on any atom is -0.463 e. The van der Waals surface area contributed by atoms with E-state index in [0.717, 1.165) is 11.3 Å². The smallest absolute Gasteiger partial charge is 0.338 e. The van der Waals surface area contributed by atoms with Gasteiger partial charge in [0.25, 0.3) is 11.5 Å². The van der Waals surface area contributed by atoms with Crippen LogP contribution in [0.2, 0.25) is 0 Å². The molecule has 0 N–H and O–H groups in total. The van der Waals surface area contributed by atoms with Crippen LogP contribution in [-0.2, 0) is 14.3 Å². The number of aromatic nitrogens is 1. The highest BCUT2D eigenvalue weighted by atomic mass is 32.1. The van der Waals surface area contributed by atoms with Crippen LogP contribution < -0.4 is 19.8 Å². The third-order valence-electron chi connectivity index (χ3n) is 6.14.